The van der Waals surface area contributed by atoms with E-state index in [1.54, 1.807) is 20.8 Å². The van der Waals surface area contributed by atoms with Crippen LogP contribution in [0.25, 0.3) is 0 Å². The van der Waals surface area contributed by atoms with Crippen LogP contribution < -0.4 is 0 Å². The second kappa shape index (κ2) is 13.5. The van der Waals surface area contributed by atoms with Crippen molar-refractivity contribution in [3.05, 3.63) is 35.9 Å². The molecule has 1 aromatic carbocycles. The lowest BCUT2D eigenvalue weighted by Gasteiger charge is -2.43. The number of benzene rings is 1. The largest absolute Gasteiger partial charge is 0.490 e. The summed E-state index contributed by atoms with van der Waals surface area (Å²) >= 11 is 0. The van der Waals surface area contributed by atoms with Gasteiger partial charge in [-0.3, -0.25) is 14.5 Å². The number of amides is 3. The number of aliphatic carboxylic acids is 2. The Hall–Kier alpha value is -4.04. The molecule has 0 atom stereocenters. The normalized spacial score (nSPS) is 17.2. The average molecular weight is 590 g/mol. The van der Waals surface area contributed by atoms with E-state index in [1.165, 1.54) is 14.7 Å². The summed E-state index contributed by atoms with van der Waals surface area (Å²) in [6, 6.07) is 9.25. The van der Waals surface area contributed by atoms with Gasteiger partial charge in [0.2, 0.25) is 5.91 Å². The van der Waals surface area contributed by atoms with E-state index >= 15 is 0 Å². The van der Waals surface area contributed by atoms with E-state index in [4.69, 9.17) is 19.4 Å². The summed E-state index contributed by atoms with van der Waals surface area (Å²) in [7, 11) is 0. The van der Waals surface area contributed by atoms with Gasteiger partial charge in [0.25, 0.3) is 0 Å². The molecule has 228 valence electrons. The van der Waals surface area contributed by atoms with Crippen LogP contribution in [0.2, 0.25) is 0 Å². The van der Waals surface area contributed by atoms with Crippen molar-refractivity contribution < 1.29 is 56.8 Å². The third-order valence-corrected chi connectivity index (χ3v) is 6.34. The Bertz CT molecular complexity index is 1100. The van der Waals surface area contributed by atoms with Crippen molar-refractivity contribution in [1.82, 2.24) is 14.7 Å². The Morgan fingerprint density at radius 2 is 1.46 bits per heavy atom. The fourth-order valence-electron chi connectivity index (χ4n) is 4.09. The molecular formula is C26H34F3N3O9. The second-order valence-electron chi connectivity index (χ2n) is 10.6. The first-order valence-corrected chi connectivity index (χ1v) is 12.7. The maximum absolute atomic E-state index is 12.8. The number of halogens is 3. The van der Waals surface area contributed by atoms with Crippen LogP contribution in [0, 0.1) is 5.41 Å². The SMILES string of the molecule is CC(C)(C)OC(=O)N1CCC(CN2CCN(C(=O)OCc3ccccc3)CC2=O)(C(=O)O)CC1.O=C(O)C(F)(F)F. The molecule has 2 aliphatic heterocycles. The Kier molecular flexibility index (Phi) is 11.0. The van der Waals surface area contributed by atoms with Gasteiger partial charge >= 0.3 is 30.3 Å². The molecule has 41 heavy (non-hydrogen) atoms. The molecule has 2 saturated heterocycles. The van der Waals surface area contributed by atoms with Crippen LogP contribution in [-0.2, 0) is 30.5 Å². The summed E-state index contributed by atoms with van der Waals surface area (Å²) in [6.45, 7) is 6.29. The number of piperazine rings is 1. The van der Waals surface area contributed by atoms with Crippen molar-refractivity contribution >= 4 is 30.0 Å². The standard InChI is InChI=1S/C24H33N3O7.C2HF3O2/c1-23(2,3)34-22(32)25-11-9-24(10-12-25,20(29)30)17-27-14-13-26(15-19(27)28)21(31)33-16-18-7-5-4-6-8-18;3-2(4,5)1(6)7/h4-8H,9-17H2,1-3H3,(H,29,30);(H,6,7). The molecule has 0 spiro atoms. The van der Waals surface area contributed by atoms with E-state index in [0.29, 0.717) is 0 Å². The molecule has 3 rings (SSSR count). The van der Waals surface area contributed by atoms with Gasteiger partial charge in [-0.05, 0) is 39.2 Å². The Morgan fingerprint density at radius 1 is 0.902 bits per heavy atom. The van der Waals surface area contributed by atoms with Crippen LogP contribution >= 0.6 is 0 Å². The number of alkyl halides is 3. The number of ether oxygens (including phenoxy) is 2. The minimum absolute atomic E-state index is 0.0379. The molecule has 2 heterocycles. The summed E-state index contributed by atoms with van der Waals surface area (Å²) in [5, 5.41) is 17.1. The topological polar surface area (TPSA) is 154 Å². The summed E-state index contributed by atoms with van der Waals surface area (Å²) in [5.74, 6) is -4.07. The highest BCUT2D eigenvalue weighted by Gasteiger charge is 2.46. The smallest absolute Gasteiger partial charge is 0.481 e. The first kappa shape index (κ1) is 33.2. The molecular weight excluding hydrogens is 555 g/mol. The van der Waals surface area contributed by atoms with Gasteiger partial charge < -0.3 is 29.5 Å². The molecule has 2 aliphatic rings. The number of rotatable bonds is 5. The molecule has 15 heteroatoms. The van der Waals surface area contributed by atoms with Gasteiger partial charge in [-0.1, -0.05) is 30.3 Å². The predicted molar refractivity (Wildman–Crippen MR) is 136 cm³/mol. The van der Waals surface area contributed by atoms with Gasteiger partial charge in [-0.25, -0.2) is 14.4 Å². The lowest BCUT2D eigenvalue weighted by Crippen LogP contribution is -2.58. The van der Waals surface area contributed by atoms with Gasteiger partial charge in [-0.2, -0.15) is 13.2 Å². The van der Waals surface area contributed by atoms with Crippen molar-refractivity contribution in [2.24, 2.45) is 5.41 Å². The van der Waals surface area contributed by atoms with Gasteiger partial charge in [0.1, 0.15) is 18.8 Å². The minimum Gasteiger partial charge on any atom is -0.481 e. The maximum atomic E-state index is 12.8. The van der Waals surface area contributed by atoms with Crippen molar-refractivity contribution in [1.29, 1.82) is 0 Å². The van der Waals surface area contributed by atoms with Gasteiger partial charge in [-0.15, -0.1) is 0 Å². The Morgan fingerprint density at radius 3 is 1.93 bits per heavy atom. The number of likely N-dealkylation sites (tertiary alicyclic amines) is 1. The van der Waals surface area contributed by atoms with E-state index in [-0.39, 0.29) is 64.6 Å². The van der Waals surface area contributed by atoms with Crippen LogP contribution in [0.5, 0.6) is 0 Å². The molecule has 12 nitrogen and oxygen atoms in total. The number of carbonyl (C=O) groups excluding carboxylic acids is 3. The Balaban J connectivity index is 0.000000745. The van der Waals surface area contributed by atoms with Crippen molar-refractivity contribution in [3.8, 4) is 0 Å². The fourth-order valence-corrected chi connectivity index (χ4v) is 4.09. The van der Waals surface area contributed by atoms with Crippen LogP contribution in [0.1, 0.15) is 39.2 Å². The summed E-state index contributed by atoms with van der Waals surface area (Å²) in [5.41, 5.74) is -0.932. The zero-order chi connectivity index (χ0) is 31.0. The van der Waals surface area contributed by atoms with Crippen LogP contribution in [0.15, 0.2) is 30.3 Å². The lowest BCUT2D eigenvalue weighted by molar-refractivity contribution is -0.192. The highest BCUT2D eigenvalue weighted by atomic mass is 19.4. The van der Waals surface area contributed by atoms with Crippen molar-refractivity contribution in [2.75, 3.05) is 39.3 Å². The van der Waals surface area contributed by atoms with Gasteiger partial charge in [0.05, 0.1) is 5.41 Å². The van der Waals surface area contributed by atoms with Gasteiger partial charge in [0, 0.05) is 32.7 Å². The quantitative estimate of drug-likeness (QED) is 0.527. The lowest BCUT2D eigenvalue weighted by atomic mass is 9.77. The van der Waals surface area contributed by atoms with Crippen molar-refractivity contribution in [3.63, 3.8) is 0 Å². The third-order valence-electron chi connectivity index (χ3n) is 6.34. The van der Waals surface area contributed by atoms with Gasteiger partial charge in [0.15, 0.2) is 0 Å². The molecule has 0 radical (unpaired) electrons. The monoisotopic (exact) mass is 589 g/mol. The molecule has 1 aromatic rings. The maximum Gasteiger partial charge on any atom is 0.490 e. The second-order valence-corrected chi connectivity index (χ2v) is 10.6. The number of nitrogens with zero attached hydrogens (tertiary/aromatic N) is 3. The number of carbonyl (C=O) groups is 5. The first-order chi connectivity index (χ1) is 18.9. The zero-order valence-corrected chi connectivity index (χ0v) is 23.0. The van der Waals surface area contributed by atoms with E-state index in [1.807, 2.05) is 30.3 Å². The molecule has 0 unspecified atom stereocenters. The molecule has 0 bridgehead atoms. The molecule has 3 amide bonds. The number of carboxylic acid groups (broad SMARTS) is 2. The summed E-state index contributed by atoms with van der Waals surface area (Å²) in [4.78, 5) is 62.9. The molecule has 2 fully saturated rings. The summed E-state index contributed by atoms with van der Waals surface area (Å²) in [6.07, 6.45) is -5.69. The number of carboxylic acids is 2. The molecule has 2 N–H and O–H groups in total. The molecule has 0 aliphatic carbocycles. The van der Waals surface area contributed by atoms with E-state index in [9.17, 15) is 37.5 Å². The number of hydrogen-bond acceptors (Lipinski definition) is 7. The molecule has 0 aromatic heterocycles. The highest BCUT2D eigenvalue weighted by Crippen LogP contribution is 2.34. The van der Waals surface area contributed by atoms with E-state index in [2.05, 4.69) is 0 Å². The number of hydrogen-bond donors (Lipinski definition) is 2. The van der Waals surface area contributed by atoms with Crippen LogP contribution in [-0.4, -0.2) is 106 Å². The van der Waals surface area contributed by atoms with Crippen LogP contribution in [0.4, 0.5) is 22.8 Å². The minimum atomic E-state index is -5.08. The third kappa shape index (κ3) is 10.1. The molecule has 0 saturated carbocycles. The fraction of sp³-hybridized carbons (Fsp3) is 0.577. The predicted octanol–water partition coefficient (Wildman–Crippen LogP) is 3.20. The average Bonchev–Trinajstić information content (AvgIpc) is 2.88. The highest BCUT2D eigenvalue weighted by molar-refractivity contribution is 5.84. The van der Waals surface area contributed by atoms with E-state index < -0.39 is 41.3 Å². The van der Waals surface area contributed by atoms with E-state index in [0.717, 1.165) is 5.56 Å². The van der Waals surface area contributed by atoms with Crippen molar-refractivity contribution in [2.45, 2.75) is 52.0 Å². The van der Waals surface area contributed by atoms with Crippen LogP contribution in [0.3, 0.4) is 0 Å². The zero-order valence-electron chi connectivity index (χ0n) is 23.0. The number of piperidine rings is 1. The Labute approximate surface area is 234 Å². The summed E-state index contributed by atoms with van der Waals surface area (Å²) < 4.78 is 42.4. The first-order valence-electron chi connectivity index (χ1n) is 12.7.